The Hall–Kier alpha value is -3.02. The van der Waals surface area contributed by atoms with E-state index < -0.39 is 17.5 Å². The highest BCUT2D eigenvalue weighted by Crippen LogP contribution is 2.11. The van der Waals surface area contributed by atoms with E-state index in [-0.39, 0.29) is 18.0 Å². The van der Waals surface area contributed by atoms with Crippen molar-refractivity contribution in [3.63, 3.8) is 0 Å². The number of benzene rings is 2. The standard InChI is InChI=1S/C18H16F2N2O2/c1-12(23)22-16-6-2-13(3-7-16)4-9-18(24)21-11-14-10-15(19)5-8-17(14)20/h2-10H,11H2,1H3,(H,21,24)(H,22,23)/b9-4+. The number of carbonyl (C=O) groups excluding carboxylic acids is 2. The number of anilines is 1. The van der Waals surface area contributed by atoms with Crippen molar-refractivity contribution in [1.29, 1.82) is 0 Å². The number of rotatable bonds is 5. The molecule has 0 atom stereocenters. The first-order valence-corrected chi connectivity index (χ1v) is 7.21. The van der Waals surface area contributed by atoms with E-state index in [9.17, 15) is 18.4 Å². The average molecular weight is 330 g/mol. The van der Waals surface area contributed by atoms with Gasteiger partial charge in [0.15, 0.2) is 0 Å². The lowest BCUT2D eigenvalue weighted by atomic mass is 10.2. The maximum Gasteiger partial charge on any atom is 0.244 e. The highest BCUT2D eigenvalue weighted by molar-refractivity contribution is 5.92. The minimum absolute atomic E-state index is 0.0800. The van der Waals surface area contributed by atoms with E-state index in [0.29, 0.717) is 5.69 Å². The third-order valence-electron chi connectivity index (χ3n) is 3.12. The van der Waals surface area contributed by atoms with Gasteiger partial charge >= 0.3 is 0 Å². The summed E-state index contributed by atoms with van der Waals surface area (Å²) in [6.45, 7) is 1.31. The number of hydrogen-bond donors (Lipinski definition) is 2. The Bertz CT molecular complexity index is 771. The lowest BCUT2D eigenvalue weighted by Crippen LogP contribution is -2.21. The third-order valence-corrected chi connectivity index (χ3v) is 3.12. The van der Waals surface area contributed by atoms with Gasteiger partial charge in [-0.3, -0.25) is 9.59 Å². The molecule has 2 N–H and O–H groups in total. The van der Waals surface area contributed by atoms with Crippen LogP contribution in [0.4, 0.5) is 14.5 Å². The van der Waals surface area contributed by atoms with Crippen LogP contribution in [0.3, 0.4) is 0 Å². The van der Waals surface area contributed by atoms with E-state index in [1.807, 2.05) is 0 Å². The lowest BCUT2D eigenvalue weighted by Gasteiger charge is -2.04. The first-order valence-electron chi connectivity index (χ1n) is 7.21. The van der Waals surface area contributed by atoms with Crippen molar-refractivity contribution in [2.24, 2.45) is 0 Å². The topological polar surface area (TPSA) is 58.2 Å². The predicted octanol–water partition coefficient (Wildman–Crippen LogP) is 3.25. The molecule has 0 heterocycles. The number of halogens is 2. The number of hydrogen-bond acceptors (Lipinski definition) is 2. The molecule has 0 aliphatic heterocycles. The first kappa shape index (κ1) is 17.3. The van der Waals surface area contributed by atoms with Gasteiger partial charge in [0.05, 0.1) is 0 Å². The van der Waals surface area contributed by atoms with Crippen molar-refractivity contribution < 1.29 is 18.4 Å². The Labute approximate surface area is 138 Å². The fraction of sp³-hybridized carbons (Fsp3) is 0.111. The molecular formula is C18H16F2N2O2. The molecule has 2 rings (SSSR count). The van der Waals surface area contributed by atoms with Crippen LogP contribution >= 0.6 is 0 Å². The molecule has 0 saturated carbocycles. The second-order valence-electron chi connectivity index (χ2n) is 5.09. The van der Waals surface area contributed by atoms with Gasteiger partial charge in [-0.15, -0.1) is 0 Å². The van der Waals surface area contributed by atoms with E-state index in [2.05, 4.69) is 10.6 Å². The zero-order valence-electron chi connectivity index (χ0n) is 13.0. The van der Waals surface area contributed by atoms with E-state index in [1.54, 1.807) is 30.3 Å². The van der Waals surface area contributed by atoms with Crippen LogP contribution in [0.15, 0.2) is 48.5 Å². The van der Waals surface area contributed by atoms with Gasteiger partial charge in [-0.05, 0) is 42.0 Å². The van der Waals surface area contributed by atoms with Crippen LogP contribution in [0.1, 0.15) is 18.1 Å². The monoisotopic (exact) mass is 330 g/mol. The molecule has 124 valence electrons. The summed E-state index contributed by atoms with van der Waals surface area (Å²) in [5.74, 6) is -1.73. The van der Waals surface area contributed by atoms with Gasteiger partial charge < -0.3 is 10.6 Å². The predicted molar refractivity (Wildman–Crippen MR) is 88.0 cm³/mol. The summed E-state index contributed by atoms with van der Waals surface area (Å²) in [5.41, 5.74) is 1.50. The van der Waals surface area contributed by atoms with Crippen molar-refractivity contribution in [2.45, 2.75) is 13.5 Å². The largest absolute Gasteiger partial charge is 0.348 e. The quantitative estimate of drug-likeness (QED) is 0.827. The minimum atomic E-state index is -0.575. The van der Waals surface area contributed by atoms with Crippen molar-refractivity contribution >= 4 is 23.6 Å². The van der Waals surface area contributed by atoms with Crippen LogP contribution in [0.2, 0.25) is 0 Å². The van der Waals surface area contributed by atoms with Crippen LogP contribution in [0.5, 0.6) is 0 Å². The van der Waals surface area contributed by atoms with Gasteiger partial charge in [0.25, 0.3) is 0 Å². The molecule has 4 nitrogen and oxygen atoms in total. The van der Waals surface area contributed by atoms with Crippen molar-refractivity contribution in [1.82, 2.24) is 5.32 Å². The molecule has 2 aromatic rings. The molecule has 6 heteroatoms. The van der Waals surface area contributed by atoms with E-state index in [4.69, 9.17) is 0 Å². The van der Waals surface area contributed by atoms with Crippen molar-refractivity contribution in [3.8, 4) is 0 Å². The Morgan fingerprint density at radius 1 is 1.08 bits per heavy atom. The molecule has 0 aromatic heterocycles. The summed E-state index contributed by atoms with van der Waals surface area (Å²) in [7, 11) is 0. The normalized spacial score (nSPS) is 10.6. The fourth-order valence-corrected chi connectivity index (χ4v) is 1.97. The minimum Gasteiger partial charge on any atom is -0.348 e. The van der Waals surface area contributed by atoms with Crippen LogP contribution < -0.4 is 10.6 Å². The summed E-state index contributed by atoms with van der Waals surface area (Å²) in [4.78, 5) is 22.6. The van der Waals surface area contributed by atoms with Crippen molar-refractivity contribution in [3.05, 3.63) is 71.3 Å². The zero-order chi connectivity index (χ0) is 17.5. The van der Waals surface area contributed by atoms with E-state index in [0.717, 1.165) is 23.8 Å². The van der Waals surface area contributed by atoms with Gasteiger partial charge in [-0.25, -0.2) is 8.78 Å². The molecule has 0 aliphatic rings. The summed E-state index contributed by atoms with van der Waals surface area (Å²) < 4.78 is 26.5. The summed E-state index contributed by atoms with van der Waals surface area (Å²) in [5, 5.41) is 5.12. The molecule has 2 aromatic carbocycles. The average Bonchev–Trinajstić information content (AvgIpc) is 2.54. The van der Waals surface area contributed by atoms with Crippen LogP contribution in [-0.4, -0.2) is 11.8 Å². The molecule has 0 bridgehead atoms. The van der Waals surface area contributed by atoms with Crippen LogP contribution in [-0.2, 0) is 16.1 Å². The van der Waals surface area contributed by atoms with Crippen LogP contribution in [0, 0.1) is 11.6 Å². The van der Waals surface area contributed by atoms with Crippen LogP contribution in [0.25, 0.3) is 6.08 Å². The maximum atomic E-state index is 13.4. The number of carbonyl (C=O) groups is 2. The molecule has 2 amide bonds. The molecule has 0 aliphatic carbocycles. The molecule has 0 fully saturated rings. The van der Waals surface area contributed by atoms with Gasteiger partial charge in [0, 0.05) is 30.8 Å². The Balaban J connectivity index is 1.90. The Morgan fingerprint density at radius 2 is 1.79 bits per heavy atom. The highest BCUT2D eigenvalue weighted by atomic mass is 19.1. The lowest BCUT2D eigenvalue weighted by molar-refractivity contribution is -0.116. The smallest absolute Gasteiger partial charge is 0.244 e. The molecule has 0 spiro atoms. The van der Waals surface area contributed by atoms with Gasteiger partial charge in [-0.2, -0.15) is 0 Å². The second-order valence-corrected chi connectivity index (χ2v) is 5.09. The third kappa shape index (κ3) is 5.31. The van der Waals surface area contributed by atoms with Gasteiger partial charge in [0.2, 0.25) is 11.8 Å². The number of amides is 2. The molecule has 0 unspecified atom stereocenters. The Morgan fingerprint density at radius 3 is 2.46 bits per heavy atom. The summed E-state index contributed by atoms with van der Waals surface area (Å²) >= 11 is 0. The SMILES string of the molecule is CC(=O)Nc1ccc(/C=C/C(=O)NCc2cc(F)ccc2F)cc1. The molecular weight excluding hydrogens is 314 g/mol. The molecule has 24 heavy (non-hydrogen) atoms. The van der Waals surface area contributed by atoms with E-state index in [1.165, 1.54) is 13.0 Å². The summed E-state index contributed by atoms with van der Waals surface area (Å²) in [6, 6.07) is 9.97. The molecule has 0 saturated heterocycles. The Kier molecular flexibility index (Phi) is 5.78. The second kappa shape index (κ2) is 8.01. The highest BCUT2D eigenvalue weighted by Gasteiger charge is 2.04. The fourth-order valence-electron chi connectivity index (χ4n) is 1.97. The summed E-state index contributed by atoms with van der Waals surface area (Å²) in [6.07, 6.45) is 2.87. The number of nitrogens with one attached hydrogen (secondary N) is 2. The van der Waals surface area contributed by atoms with Gasteiger partial charge in [0.1, 0.15) is 11.6 Å². The van der Waals surface area contributed by atoms with Gasteiger partial charge in [-0.1, -0.05) is 12.1 Å². The zero-order valence-corrected chi connectivity index (χ0v) is 13.0. The molecule has 0 radical (unpaired) electrons. The maximum absolute atomic E-state index is 13.4. The first-order chi connectivity index (χ1) is 11.4. The van der Waals surface area contributed by atoms with Crippen molar-refractivity contribution in [2.75, 3.05) is 5.32 Å². The van der Waals surface area contributed by atoms with E-state index >= 15 is 0 Å².